The smallest absolute Gasteiger partial charge is 0.209 e. The summed E-state index contributed by atoms with van der Waals surface area (Å²) >= 11 is 0.957. The summed E-state index contributed by atoms with van der Waals surface area (Å²) in [5.74, 6) is 0.483. The van der Waals surface area contributed by atoms with Crippen molar-refractivity contribution in [3.05, 3.63) is 23.8 Å². The van der Waals surface area contributed by atoms with Crippen molar-refractivity contribution in [2.45, 2.75) is 64.2 Å². The normalized spacial score (nSPS) is 16.3. The minimum absolute atomic E-state index is 0.0232. The number of rotatable bonds is 8. The standard InChI is InChI=1S/C18H27NO3S/c1-6-7-8-11-19-16-10-9-14(23-22-21-20)12-15(16)18(4,5)17(19)13(2)3/h9-10,12-13H,6-8,11H2,1-5H3. The van der Waals surface area contributed by atoms with Crippen LogP contribution in [-0.2, 0) is 14.8 Å². The predicted octanol–water partition coefficient (Wildman–Crippen LogP) is 4.14. The molecule has 0 saturated carbocycles. The molecule has 0 aromatic heterocycles. The van der Waals surface area contributed by atoms with E-state index in [1.54, 1.807) is 0 Å². The fourth-order valence-electron chi connectivity index (χ4n) is 3.76. The lowest BCUT2D eigenvalue weighted by molar-refractivity contribution is -0.777. The van der Waals surface area contributed by atoms with Gasteiger partial charge in [-0.15, -0.1) is 0 Å². The molecule has 128 valence electrons. The van der Waals surface area contributed by atoms with Crippen molar-refractivity contribution in [3.63, 3.8) is 0 Å². The second-order valence-corrected chi connectivity index (χ2v) is 7.70. The molecular formula is C18H27NO3S. The zero-order valence-corrected chi connectivity index (χ0v) is 15.5. The van der Waals surface area contributed by atoms with Crippen LogP contribution in [0.25, 0.3) is 0 Å². The van der Waals surface area contributed by atoms with E-state index in [2.05, 4.69) is 60.7 Å². The molecule has 0 bridgehead atoms. The van der Waals surface area contributed by atoms with Crippen molar-refractivity contribution in [2.75, 3.05) is 6.54 Å². The number of hydrogen-bond donors (Lipinski definition) is 0. The van der Waals surface area contributed by atoms with Gasteiger partial charge in [-0.1, -0.05) is 27.2 Å². The molecule has 0 fully saturated rings. The van der Waals surface area contributed by atoms with E-state index in [0.717, 1.165) is 23.5 Å². The summed E-state index contributed by atoms with van der Waals surface area (Å²) < 4.78 is 6.96. The van der Waals surface area contributed by atoms with Crippen molar-refractivity contribution in [2.24, 2.45) is 5.92 Å². The van der Waals surface area contributed by atoms with Crippen LogP contribution in [0, 0.1) is 5.92 Å². The van der Waals surface area contributed by atoms with Gasteiger partial charge >= 0.3 is 0 Å². The van der Waals surface area contributed by atoms with Gasteiger partial charge in [0.15, 0.2) is 5.71 Å². The van der Waals surface area contributed by atoms with Crippen LogP contribution in [0.1, 0.15) is 59.4 Å². The van der Waals surface area contributed by atoms with E-state index < -0.39 is 0 Å². The van der Waals surface area contributed by atoms with E-state index >= 15 is 0 Å². The van der Waals surface area contributed by atoms with Crippen molar-refractivity contribution >= 4 is 23.4 Å². The Morgan fingerprint density at radius 3 is 2.61 bits per heavy atom. The lowest BCUT2D eigenvalue weighted by atomic mass is 9.77. The van der Waals surface area contributed by atoms with Gasteiger partial charge in [-0.3, -0.25) is 5.04 Å². The molecule has 0 radical (unpaired) electrons. The van der Waals surface area contributed by atoms with Gasteiger partial charge in [0.1, 0.15) is 6.54 Å². The Bertz CT molecular complexity index is 582. The highest BCUT2D eigenvalue weighted by Crippen LogP contribution is 2.43. The molecule has 0 saturated heterocycles. The van der Waals surface area contributed by atoms with Crippen LogP contribution in [0.4, 0.5) is 5.69 Å². The lowest BCUT2D eigenvalue weighted by Crippen LogP contribution is -2.33. The van der Waals surface area contributed by atoms with Crippen LogP contribution < -0.4 is 5.26 Å². The Labute approximate surface area is 143 Å². The number of fused-ring (bicyclic) bond motifs is 1. The van der Waals surface area contributed by atoms with Crippen molar-refractivity contribution in [1.29, 1.82) is 0 Å². The Kier molecular flexibility index (Phi) is 6.26. The fourth-order valence-corrected chi connectivity index (χ4v) is 4.15. The zero-order chi connectivity index (χ0) is 17.0. The zero-order valence-electron chi connectivity index (χ0n) is 14.7. The largest absolute Gasteiger partial charge is 0.691 e. The monoisotopic (exact) mass is 337 g/mol. The van der Waals surface area contributed by atoms with Gasteiger partial charge in [0.25, 0.3) is 0 Å². The highest BCUT2D eigenvalue weighted by molar-refractivity contribution is 7.94. The lowest BCUT2D eigenvalue weighted by Gasteiger charge is -2.20. The average molecular weight is 337 g/mol. The van der Waals surface area contributed by atoms with Crippen molar-refractivity contribution in [3.8, 4) is 0 Å². The Hall–Kier alpha value is -0.880. The van der Waals surface area contributed by atoms with Gasteiger partial charge < -0.3 is 5.26 Å². The van der Waals surface area contributed by atoms with Gasteiger partial charge in [-0.25, -0.2) is 0 Å². The van der Waals surface area contributed by atoms with E-state index in [0.29, 0.717) is 5.92 Å². The summed E-state index contributed by atoms with van der Waals surface area (Å²) in [7, 11) is 0. The van der Waals surface area contributed by atoms with Crippen LogP contribution in [0.5, 0.6) is 0 Å². The van der Waals surface area contributed by atoms with Crippen LogP contribution >= 0.6 is 12.0 Å². The topological polar surface area (TPSA) is 44.5 Å². The summed E-state index contributed by atoms with van der Waals surface area (Å²) in [6.45, 7) is 12.4. The molecule has 0 spiro atoms. The maximum atomic E-state index is 10.0. The maximum Gasteiger partial charge on any atom is 0.209 e. The third-order valence-corrected chi connectivity index (χ3v) is 5.12. The van der Waals surface area contributed by atoms with E-state index in [9.17, 15) is 5.26 Å². The number of benzene rings is 1. The third-order valence-electron chi connectivity index (χ3n) is 4.55. The number of nitrogens with zero attached hydrogens (tertiary/aromatic N) is 1. The first-order chi connectivity index (χ1) is 10.9. The average Bonchev–Trinajstić information content (AvgIpc) is 2.73. The summed E-state index contributed by atoms with van der Waals surface area (Å²) in [4.78, 5) is 0.881. The van der Waals surface area contributed by atoms with E-state index in [4.69, 9.17) is 0 Å². The molecule has 0 N–H and O–H groups in total. The third kappa shape index (κ3) is 3.79. The molecule has 1 aromatic carbocycles. The minimum atomic E-state index is -0.0232. The minimum Gasteiger partial charge on any atom is -0.691 e. The molecule has 0 amide bonds. The molecular weight excluding hydrogens is 310 g/mol. The molecule has 1 aliphatic rings. The highest BCUT2D eigenvalue weighted by Gasteiger charge is 2.46. The summed E-state index contributed by atoms with van der Waals surface area (Å²) in [5.41, 5.74) is 4.01. The van der Waals surface area contributed by atoms with Crippen molar-refractivity contribution in [1.82, 2.24) is 0 Å². The van der Waals surface area contributed by atoms with Gasteiger partial charge in [-0.05, 0) is 32.4 Å². The van der Waals surface area contributed by atoms with Gasteiger partial charge in [0, 0.05) is 28.9 Å². The number of unbranched alkanes of at least 4 members (excludes halogenated alkanes) is 2. The quantitative estimate of drug-likeness (QED) is 0.235. The Morgan fingerprint density at radius 1 is 1.26 bits per heavy atom. The summed E-state index contributed by atoms with van der Waals surface area (Å²) in [5, 5.41) is 13.5. The molecule has 5 heteroatoms. The SMILES string of the molecule is CCCCC[N+]1=C(C(C)C)C(C)(C)c2cc(SOO[O-])ccc21. The van der Waals surface area contributed by atoms with Gasteiger partial charge in [-0.2, -0.15) is 8.91 Å². The van der Waals surface area contributed by atoms with E-state index in [1.165, 1.54) is 36.2 Å². The van der Waals surface area contributed by atoms with E-state index in [-0.39, 0.29) is 5.41 Å². The molecule has 1 aromatic rings. The highest BCUT2D eigenvalue weighted by atomic mass is 32.2. The molecule has 0 atom stereocenters. The maximum absolute atomic E-state index is 10.0. The molecule has 1 heterocycles. The summed E-state index contributed by atoms with van der Waals surface area (Å²) in [6.07, 6.45) is 3.68. The van der Waals surface area contributed by atoms with Crippen LogP contribution in [0.3, 0.4) is 0 Å². The second kappa shape index (κ2) is 7.79. The van der Waals surface area contributed by atoms with Crippen LogP contribution in [0.15, 0.2) is 23.1 Å². The molecule has 23 heavy (non-hydrogen) atoms. The first-order valence-electron chi connectivity index (χ1n) is 8.36. The molecule has 0 unspecified atom stereocenters. The van der Waals surface area contributed by atoms with Crippen LogP contribution in [-0.4, -0.2) is 16.8 Å². The molecule has 0 aliphatic carbocycles. The molecule has 1 aliphatic heterocycles. The second-order valence-electron chi connectivity index (χ2n) is 6.92. The Morgan fingerprint density at radius 2 is 2.00 bits per heavy atom. The first-order valence-corrected chi connectivity index (χ1v) is 9.10. The summed E-state index contributed by atoms with van der Waals surface area (Å²) in [6, 6.07) is 6.23. The first kappa shape index (κ1) is 18.5. The Balaban J connectivity index is 2.40. The van der Waals surface area contributed by atoms with Gasteiger partial charge in [0.2, 0.25) is 5.69 Å². The van der Waals surface area contributed by atoms with Crippen molar-refractivity contribution < 1.29 is 19.2 Å². The van der Waals surface area contributed by atoms with E-state index in [1.807, 2.05) is 6.07 Å². The molecule has 2 rings (SSSR count). The number of hydrogen-bond acceptors (Lipinski definition) is 4. The molecule has 4 nitrogen and oxygen atoms in total. The van der Waals surface area contributed by atoms with Gasteiger partial charge in [0.05, 0.1) is 17.5 Å². The predicted molar refractivity (Wildman–Crippen MR) is 91.7 cm³/mol. The fraction of sp³-hybridized carbons (Fsp3) is 0.611. The van der Waals surface area contributed by atoms with Crippen LogP contribution in [0.2, 0.25) is 0 Å².